The third-order valence-electron chi connectivity index (χ3n) is 3.91. The molecule has 0 aliphatic rings. The summed E-state index contributed by atoms with van der Waals surface area (Å²) < 4.78 is 0. The summed E-state index contributed by atoms with van der Waals surface area (Å²) in [6.45, 7) is 6.59. The molecule has 0 nitrogen and oxygen atoms in total. The van der Waals surface area contributed by atoms with E-state index in [-0.39, 0.29) is 0 Å². The summed E-state index contributed by atoms with van der Waals surface area (Å²) >= 11 is -2.00. The third kappa shape index (κ3) is 26.8. The average Bonchev–Trinajstić information content (AvgIpc) is 2.52. The van der Waals surface area contributed by atoms with E-state index in [0.717, 1.165) is 5.28 Å². The van der Waals surface area contributed by atoms with Gasteiger partial charge >= 0.3 is 25.5 Å². The molecule has 0 aromatic carbocycles. The molecular formula is C17H37Al2Cl3. The van der Waals surface area contributed by atoms with Crippen LogP contribution in [0.5, 0.6) is 0 Å². The maximum Gasteiger partial charge on any atom is 0.519 e. The molecule has 0 aromatic heterocycles. The molecule has 0 atom stereocenters. The lowest BCUT2D eigenvalue weighted by Crippen LogP contribution is -1.95. The second-order valence-electron chi connectivity index (χ2n) is 6.13. The van der Waals surface area contributed by atoms with Gasteiger partial charge in [-0.15, -0.1) is 0 Å². The topological polar surface area (TPSA) is 0 Å². The number of halogens is 3. The van der Waals surface area contributed by atoms with E-state index in [1.807, 2.05) is 0 Å². The summed E-state index contributed by atoms with van der Waals surface area (Å²) in [6.07, 6.45) is 15.3. The van der Waals surface area contributed by atoms with Crippen LogP contribution >= 0.6 is 30.1 Å². The molecule has 22 heavy (non-hydrogen) atoms. The minimum Gasteiger partial charge on any atom is -0.261 e. The van der Waals surface area contributed by atoms with E-state index in [0.29, 0.717) is 0 Å². The van der Waals surface area contributed by atoms with E-state index < -0.39 is 25.5 Å². The Labute approximate surface area is 162 Å². The molecule has 5 heteroatoms. The van der Waals surface area contributed by atoms with Crippen molar-refractivity contribution < 1.29 is 0 Å². The van der Waals surface area contributed by atoms with Gasteiger partial charge in [0.1, 0.15) is 0 Å². The zero-order valence-corrected chi connectivity index (χ0v) is 19.8. The highest BCUT2D eigenvalue weighted by Crippen LogP contribution is 2.14. The van der Waals surface area contributed by atoms with Gasteiger partial charge < -0.3 is 0 Å². The Bertz CT molecular complexity index is 189. The van der Waals surface area contributed by atoms with Gasteiger partial charge in [0.15, 0.2) is 0 Å². The molecule has 0 fully saturated rings. The van der Waals surface area contributed by atoms with Crippen LogP contribution in [0, 0.1) is 0 Å². The predicted octanol–water partition coefficient (Wildman–Crippen LogP) is 8.52. The second-order valence-corrected chi connectivity index (χ2v) is 16.0. The molecule has 0 saturated heterocycles. The lowest BCUT2D eigenvalue weighted by molar-refractivity contribution is 0.554. The second kappa shape index (κ2) is 22.9. The van der Waals surface area contributed by atoms with Crippen molar-refractivity contribution in [3.05, 3.63) is 0 Å². The van der Waals surface area contributed by atoms with E-state index in [4.69, 9.17) is 30.1 Å². The van der Waals surface area contributed by atoms with Crippen molar-refractivity contribution in [1.82, 2.24) is 0 Å². The summed E-state index contributed by atoms with van der Waals surface area (Å²) in [5.41, 5.74) is 0. The predicted molar refractivity (Wildman–Crippen MR) is 111 cm³/mol. The van der Waals surface area contributed by atoms with Crippen LogP contribution in [0.15, 0.2) is 0 Å². The fraction of sp³-hybridized carbons (Fsp3) is 1.00. The number of rotatable bonds is 14. The van der Waals surface area contributed by atoms with Crippen LogP contribution in [-0.4, -0.2) is 25.5 Å². The first-order chi connectivity index (χ1) is 10.6. The van der Waals surface area contributed by atoms with Crippen LogP contribution in [0.1, 0.15) is 91.4 Å². The Kier molecular flexibility index (Phi) is 27.3. The highest BCUT2D eigenvalue weighted by Gasteiger charge is 2.08. The smallest absolute Gasteiger partial charge is 0.261 e. The first-order valence-corrected chi connectivity index (χ1v) is 17.2. The molecule has 0 N–H and O–H groups in total. The Morgan fingerprint density at radius 2 is 0.909 bits per heavy atom. The monoisotopic (exact) mass is 400 g/mol. The van der Waals surface area contributed by atoms with Crippen LogP contribution in [0.4, 0.5) is 0 Å². The molecule has 0 radical (unpaired) electrons. The maximum absolute atomic E-state index is 5.81. The average molecular weight is 402 g/mol. The van der Waals surface area contributed by atoms with Crippen LogP contribution < -0.4 is 0 Å². The molecule has 0 spiro atoms. The number of hydrogen-bond acceptors (Lipinski definition) is 0. The van der Waals surface area contributed by atoms with Gasteiger partial charge in [0, 0.05) is 0 Å². The highest BCUT2D eigenvalue weighted by molar-refractivity contribution is 7.33. The largest absolute Gasteiger partial charge is 0.519 e. The Morgan fingerprint density at radius 3 is 1.18 bits per heavy atom. The van der Waals surface area contributed by atoms with Crippen LogP contribution in [0.3, 0.4) is 0 Å². The minimum absolute atomic E-state index is 0.688. The van der Waals surface area contributed by atoms with E-state index in [2.05, 4.69) is 20.8 Å². The zero-order chi connectivity index (χ0) is 17.1. The van der Waals surface area contributed by atoms with Crippen molar-refractivity contribution in [2.45, 2.75) is 107 Å². The molecule has 0 bridgehead atoms. The molecule has 132 valence electrons. The van der Waals surface area contributed by atoms with Crippen molar-refractivity contribution in [2.75, 3.05) is 0 Å². The SMILES string of the molecule is CCCCCCCCCCCC[CH2][Al]([Cl])[Cl].C[CH2][Al]([Cl])[CH2]C. The van der Waals surface area contributed by atoms with Crippen LogP contribution in [0.25, 0.3) is 0 Å². The van der Waals surface area contributed by atoms with Crippen LogP contribution in [-0.2, 0) is 0 Å². The first-order valence-electron chi connectivity index (χ1n) is 9.50. The fourth-order valence-electron chi connectivity index (χ4n) is 2.25. The lowest BCUT2D eigenvalue weighted by atomic mass is 10.1. The quantitative estimate of drug-likeness (QED) is 0.202. The van der Waals surface area contributed by atoms with Crippen molar-refractivity contribution >= 4 is 55.7 Å². The Morgan fingerprint density at radius 1 is 0.545 bits per heavy atom. The highest BCUT2D eigenvalue weighted by atomic mass is 35.7. The minimum atomic E-state index is -1.31. The van der Waals surface area contributed by atoms with Crippen molar-refractivity contribution in [3.8, 4) is 0 Å². The molecule has 0 aromatic rings. The molecule has 0 heterocycles. The van der Waals surface area contributed by atoms with E-state index in [1.165, 1.54) is 81.2 Å². The van der Waals surface area contributed by atoms with Crippen molar-refractivity contribution in [3.63, 3.8) is 0 Å². The van der Waals surface area contributed by atoms with Gasteiger partial charge in [-0.3, -0.25) is 10.0 Å². The molecule has 0 unspecified atom stereocenters. The molecule has 0 saturated carbocycles. The van der Waals surface area contributed by atoms with Gasteiger partial charge in [-0.1, -0.05) is 107 Å². The third-order valence-corrected chi connectivity index (χ3v) is 9.69. The summed E-state index contributed by atoms with van der Waals surface area (Å²) in [5, 5.41) is 3.57. The van der Waals surface area contributed by atoms with Gasteiger partial charge in [0.25, 0.3) is 0 Å². The zero-order valence-electron chi connectivity index (χ0n) is 15.2. The molecule has 0 amide bonds. The lowest BCUT2D eigenvalue weighted by Gasteiger charge is -2.02. The van der Waals surface area contributed by atoms with E-state index in [1.54, 1.807) is 0 Å². The summed E-state index contributed by atoms with van der Waals surface area (Å²) in [6, 6.07) is 0. The van der Waals surface area contributed by atoms with E-state index >= 15 is 0 Å². The molecule has 0 rings (SSSR count). The van der Waals surface area contributed by atoms with Crippen molar-refractivity contribution in [2.24, 2.45) is 0 Å². The standard InChI is InChI=1S/C13H27.2C2H5.2Al.3ClH/c1-3-5-7-9-11-13-12-10-8-6-4-2;2*1-2;;;;;/h1,3-13H2,2H3;2*1H2,2H3;;;3*1H/q;;;+1;+2;;;/p-3. The molecular weight excluding hydrogens is 365 g/mol. The Hall–Kier alpha value is 1.93. The summed E-state index contributed by atoms with van der Waals surface area (Å²) in [5.74, 6) is 0. The fourth-order valence-corrected chi connectivity index (χ4v) is 4.35. The molecule has 0 aliphatic carbocycles. The van der Waals surface area contributed by atoms with E-state index in [9.17, 15) is 0 Å². The van der Waals surface area contributed by atoms with Crippen molar-refractivity contribution in [1.29, 1.82) is 0 Å². The summed E-state index contributed by atoms with van der Waals surface area (Å²) in [4.78, 5) is 0. The number of unbranched alkanes of at least 4 members (excludes halogenated alkanes) is 10. The first kappa shape index (κ1) is 26.2. The van der Waals surface area contributed by atoms with Gasteiger partial charge in [-0.25, -0.2) is 20.1 Å². The normalized spacial score (nSPS) is 10.1. The Balaban J connectivity index is 0. The van der Waals surface area contributed by atoms with Crippen LogP contribution in [0.2, 0.25) is 15.8 Å². The van der Waals surface area contributed by atoms with Gasteiger partial charge in [0.05, 0.1) is 0 Å². The van der Waals surface area contributed by atoms with Gasteiger partial charge in [-0.2, -0.15) is 0 Å². The maximum atomic E-state index is 5.81. The summed E-state index contributed by atoms with van der Waals surface area (Å²) in [7, 11) is 17.4. The van der Waals surface area contributed by atoms with Gasteiger partial charge in [-0.05, 0) is 0 Å². The van der Waals surface area contributed by atoms with Gasteiger partial charge in [0.2, 0.25) is 0 Å². The molecule has 0 aliphatic heterocycles. The number of hydrogen-bond donors (Lipinski definition) is 0.